The van der Waals surface area contributed by atoms with Gasteiger partial charge in [-0.3, -0.25) is 4.79 Å². The molecular formula is C13H27ClN2O. The summed E-state index contributed by atoms with van der Waals surface area (Å²) in [6.45, 7) is 3.55. The largest absolute Gasteiger partial charge is 0.356 e. The van der Waals surface area contributed by atoms with Crippen molar-refractivity contribution in [2.75, 3.05) is 13.1 Å². The first kappa shape index (κ1) is 16.7. The van der Waals surface area contributed by atoms with Gasteiger partial charge < -0.3 is 11.1 Å². The van der Waals surface area contributed by atoms with Gasteiger partial charge in [-0.25, -0.2) is 0 Å². The fourth-order valence-corrected chi connectivity index (χ4v) is 2.51. The van der Waals surface area contributed by atoms with Crippen LogP contribution in [0.25, 0.3) is 0 Å². The lowest BCUT2D eigenvalue weighted by atomic mass is 9.94. The molecule has 4 heteroatoms. The first-order chi connectivity index (χ1) is 7.74. The van der Waals surface area contributed by atoms with Crippen molar-refractivity contribution in [2.45, 2.75) is 51.9 Å². The number of amides is 1. The lowest BCUT2D eigenvalue weighted by Gasteiger charge is -2.16. The maximum atomic E-state index is 11.8. The summed E-state index contributed by atoms with van der Waals surface area (Å²) in [5.41, 5.74) is 5.40. The Hall–Kier alpha value is -0.280. The third kappa shape index (κ3) is 6.89. The second-order valence-corrected chi connectivity index (χ2v) is 5.07. The summed E-state index contributed by atoms with van der Waals surface area (Å²) in [4.78, 5) is 11.8. The molecular weight excluding hydrogens is 236 g/mol. The van der Waals surface area contributed by atoms with Gasteiger partial charge in [0.1, 0.15) is 0 Å². The first-order valence-corrected chi connectivity index (χ1v) is 6.71. The van der Waals surface area contributed by atoms with Crippen LogP contribution in [-0.4, -0.2) is 19.0 Å². The summed E-state index contributed by atoms with van der Waals surface area (Å²) in [6, 6.07) is 0. The molecule has 1 fully saturated rings. The number of carbonyl (C=O) groups is 1. The van der Waals surface area contributed by atoms with Crippen molar-refractivity contribution in [3.63, 3.8) is 0 Å². The van der Waals surface area contributed by atoms with Gasteiger partial charge in [0.2, 0.25) is 5.91 Å². The Labute approximate surface area is 111 Å². The molecule has 17 heavy (non-hydrogen) atoms. The molecule has 102 valence electrons. The van der Waals surface area contributed by atoms with E-state index in [0.29, 0.717) is 6.54 Å². The maximum absolute atomic E-state index is 11.8. The van der Waals surface area contributed by atoms with Crippen molar-refractivity contribution in [1.82, 2.24) is 5.32 Å². The quantitative estimate of drug-likeness (QED) is 0.693. The van der Waals surface area contributed by atoms with Crippen LogP contribution in [0.15, 0.2) is 0 Å². The minimum absolute atomic E-state index is 0. The zero-order chi connectivity index (χ0) is 11.8. The molecule has 0 aliphatic heterocycles. The van der Waals surface area contributed by atoms with Crippen LogP contribution in [0.1, 0.15) is 51.9 Å². The number of nitrogens with one attached hydrogen (secondary N) is 1. The van der Waals surface area contributed by atoms with Crippen molar-refractivity contribution in [3.8, 4) is 0 Å². The fourth-order valence-electron chi connectivity index (χ4n) is 2.51. The Bertz CT molecular complexity index is 206. The standard InChI is InChI=1S/C13H26N2O.ClH/c1-11(10-12-6-2-3-7-12)13(16)15-9-5-4-8-14;/h11-12H,2-10,14H2,1H3,(H,15,16);1H. The maximum Gasteiger partial charge on any atom is 0.222 e. The Kier molecular flexibility index (Phi) is 9.56. The molecule has 0 saturated heterocycles. The highest BCUT2D eigenvalue weighted by Crippen LogP contribution is 2.30. The van der Waals surface area contributed by atoms with Crippen molar-refractivity contribution in [3.05, 3.63) is 0 Å². The lowest BCUT2D eigenvalue weighted by Crippen LogP contribution is -2.31. The summed E-state index contributed by atoms with van der Waals surface area (Å²) in [5.74, 6) is 1.20. The van der Waals surface area contributed by atoms with Crippen LogP contribution in [0, 0.1) is 11.8 Å². The molecule has 3 N–H and O–H groups in total. The van der Waals surface area contributed by atoms with Gasteiger partial charge in [0.15, 0.2) is 0 Å². The molecule has 0 bridgehead atoms. The second-order valence-electron chi connectivity index (χ2n) is 5.07. The highest BCUT2D eigenvalue weighted by Gasteiger charge is 2.21. The van der Waals surface area contributed by atoms with Gasteiger partial charge in [0.05, 0.1) is 0 Å². The van der Waals surface area contributed by atoms with E-state index in [9.17, 15) is 4.79 Å². The van der Waals surface area contributed by atoms with E-state index in [1.165, 1.54) is 25.7 Å². The molecule has 3 nitrogen and oxygen atoms in total. The highest BCUT2D eigenvalue weighted by molar-refractivity contribution is 5.85. The predicted molar refractivity (Wildman–Crippen MR) is 74.3 cm³/mol. The van der Waals surface area contributed by atoms with Crippen LogP contribution in [0.2, 0.25) is 0 Å². The van der Waals surface area contributed by atoms with E-state index in [-0.39, 0.29) is 24.2 Å². The van der Waals surface area contributed by atoms with Crippen molar-refractivity contribution in [2.24, 2.45) is 17.6 Å². The molecule has 0 spiro atoms. The van der Waals surface area contributed by atoms with Crippen LogP contribution in [-0.2, 0) is 4.79 Å². The average Bonchev–Trinajstić information content (AvgIpc) is 2.76. The monoisotopic (exact) mass is 262 g/mol. The number of hydrogen-bond donors (Lipinski definition) is 2. The highest BCUT2D eigenvalue weighted by atomic mass is 35.5. The van der Waals surface area contributed by atoms with Gasteiger partial charge in [-0.2, -0.15) is 0 Å². The third-order valence-corrected chi connectivity index (χ3v) is 3.54. The van der Waals surface area contributed by atoms with E-state index in [0.717, 1.165) is 31.7 Å². The molecule has 1 unspecified atom stereocenters. The van der Waals surface area contributed by atoms with Gasteiger partial charge in [0, 0.05) is 12.5 Å². The molecule has 1 aliphatic rings. The molecule has 0 heterocycles. The number of nitrogens with two attached hydrogens (primary N) is 1. The van der Waals surface area contributed by atoms with E-state index in [2.05, 4.69) is 12.2 Å². The molecule has 1 atom stereocenters. The van der Waals surface area contributed by atoms with Crippen LogP contribution in [0.4, 0.5) is 0 Å². The summed E-state index contributed by atoms with van der Waals surface area (Å²) < 4.78 is 0. The van der Waals surface area contributed by atoms with Crippen LogP contribution in [0.3, 0.4) is 0 Å². The van der Waals surface area contributed by atoms with Crippen molar-refractivity contribution in [1.29, 1.82) is 0 Å². The van der Waals surface area contributed by atoms with Gasteiger partial charge in [-0.15, -0.1) is 12.4 Å². The molecule has 1 saturated carbocycles. The zero-order valence-electron chi connectivity index (χ0n) is 10.9. The van der Waals surface area contributed by atoms with Gasteiger partial charge >= 0.3 is 0 Å². The van der Waals surface area contributed by atoms with E-state index in [1.807, 2.05) is 0 Å². The van der Waals surface area contributed by atoms with Crippen LogP contribution in [0.5, 0.6) is 0 Å². The molecule has 0 aromatic carbocycles. The Balaban J connectivity index is 0.00000256. The molecule has 0 aromatic heterocycles. The van der Waals surface area contributed by atoms with Gasteiger partial charge in [0.25, 0.3) is 0 Å². The van der Waals surface area contributed by atoms with Gasteiger partial charge in [-0.1, -0.05) is 32.6 Å². The summed E-state index contributed by atoms with van der Waals surface area (Å²) >= 11 is 0. The summed E-state index contributed by atoms with van der Waals surface area (Å²) in [7, 11) is 0. The zero-order valence-corrected chi connectivity index (χ0v) is 11.7. The first-order valence-electron chi connectivity index (χ1n) is 6.71. The Morgan fingerprint density at radius 3 is 2.59 bits per heavy atom. The predicted octanol–water partition coefficient (Wildman–Crippen LogP) is 2.48. The number of unbranched alkanes of at least 4 members (excludes halogenated alkanes) is 1. The normalized spacial score (nSPS) is 17.5. The molecule has 1 rings (SSSR count). The summed E-state index contributed by atoms with van der Waals surface area (Å²) in [5, 5.41) is 3.00. The lowest BCUT2D eigenvalue weighted by molar-refractivity contribution is -0.125. The van der Waals surface area contributed by atoms with E-state index in [4.69, 9.17) is 5.73 Å². The van der Waals surface area contributed by atoms with Gasteiger partial charge in [-0.05, 0) is 31.7 Å². The third-order valence-electron chi connectivity index (χ3n) is 3.54. The molecule has 1 aliphatic carbocycles. The average molecular weight is 263 g/mol. The number of rotatable bonds is 7. The fraction of sp³-hybridized carbons (Fsp3) is 0.923. The second kappa shape index (κ2) is 9.72. The molecule has 1 amide bonds. The van der Waals surface area contributed by atoms with E-state index in [1.54, 1.807) is 0 Å². The minimum Gasteiger partial charge on any atom is -0.356 e. The number of carbonyl (C=O) groups excluding carboxylic acids is 1. The summed E-state index contributed by atoms with van der Waals surface area (Å²) in [6.07, 6.45) is 8.43. The minimum atomic E-state index is 0. The van der Waals surface area contributed by atoms with Crippen molar-refractivity contribution >= 4 is 18.3 Å². The smallest absolute Gasteiger partial charge is 0.222 e. The molecule has 0 radical (unpaired) electrons. The van der Waals surface area contributed by atoms with Crippen LogP contribution >= 0.6 is 12.4 Å². The Morgan fingerprint density at radius 2 is 2.00 bits per heavy atom. The van der Waals surface area contributed by atoms with E-state index < -0.39 is 0 Å². The SMILES string of the molecule is CC(CC1CCCC1)C(=O)NCCCCN.Cl. The number of halogens is 1. The topological polar surface area (TPSA) is 55.1 Å². The van der Waals surface area contributed by atoms with Crippen molar-refractivity contribution < 1.29 is 4.79 Å². The van der Waals surface area contributed by atoms with E-state index >= 15 is 0 Å². The number of hydrogen-bond acceptors (Lipinski definition) is 2. The molecule has 0 aromatic rings. The van der Waals surface area contributed by atoms with Crippen LogP contribution < -0.4 is 11.1 Å². The Morgan fingerprint density at radius 1 is 1.35 bits per heavy atom.